The molecular weight excluding hydrogens is 174 g/mol. The van der Waals surface area contributed by atoms with Gasteiger partial charge in [0.05, 0.1) is 6.07 Å². The molecule has 3 nitrogen and oxygen atoms in total. The minimum Gasteiger partial charge on any atom is -0.316 e. The fourth-order valence-electron chi connectivity index (χ4n) is 1.95. The van der Waals surface area contributed by atoms with Gasteiger partial charge >= 0.3 is 0 Å². The van der Waals surface area contributed by atoms with Crippen molar-refractivity contribution in [3.8, 4) is 6.07 Å². The first-order chi connectivity index (χ1) is 6.83. The van der Waals surface area contributed by atoms with Crippen molar-refractivity contribution in [3.63, 3.8) is 0 Å². The SMILES string of the molecule is CN1CCC(CNCCCCC#N)C1. The summed E-state index contributed by atoms with van der Waals surface area (Å²) in [5.74, 6) is 0.843. The van der Waals surface area contributed by atoms with Crippen molar-refractivity contribution < 1.29 is 0 Å². The Morgan fingerprint density at radius 3 is 3.00 bits per heavy atom. The van der Waals surface area contributed by atoms with Gasteiger partial charge in [0.1, 0.15) is 0 Å². The second kappa shape index (κ2) is 6.80. The Morgan fingerprint density at radius 1 is 1.50 bits per heavy atom. The van der Waals surface area contributed by atoms with Gasteiger partial charge in [0.25, 0.3) is 0 Å². The lowest BCUT2D eigenvalue weighted by Crippen LogP contribution is -2.25. The van der Waals surface area contributed by atoms with Crippen molar-refractivity contribution in [2.24, 2.45) is 5.92 Å². The predicted octanol–water partition coefficient (Wildman–Crippen LogP) is 1.22. The molecule has 1 atom stereocenters. The van der Waals surface area contributed by atoms with Crippen LogP contribution in [0.5, 0.6) is 0 Å². The van der Waals surface area contributed by atoms with Crippen LogP contribution in [0, 0.1) is 17.2 Å². The molecule has 1 heterocycles. The summed E-state index contributed by atoms with van der Waals surface area (Å²) in [5, 5.41) is 11.8. The van der Waals surface area contributed by atoms with Gasteiger partial charge in [0, 0.05) is 13.0 Å². The average Bonchev–Trinajstić information content (AvgIpc) is 2.58. The normalized spacial score (nSPS) is 22.4. The number of unbranched alkanes of at least 4 members (excludes halogenated alkanes) is 2. The van der Waals surface area contributed by atoms with Gasteiger partial charge in [0.2, 0.25) is 0 Å². The summed E-state index contributed by atoms with van der Waals surface area (Å²) in [6.07, 6.45) is 4.21. The number of nitrogens with one attached hydrogen (secondary N) is 1. The number of rotatable bonds is 6. The monoisotopic (exact) mass is 195 g/mol. The number of likely N-dealkylation sites (tertiary alicyclic amines) is 1. The summed E-state index contributed by atoms with van der Waals surface area (Å²) in [4.78, 5) is 2.39. The summed E-state index contributed by atoms with van der Waals surface area (Å²) in [7, 11) is 2.19. The highest BCUT2D eigenvalue weighted by Gasteiger charge is 2.18. The minimum atomic E-state index is 0.702. The van der Waals surface area contributed by atoms with E-state index in [1.54, 1.807) is 0 Å². The minimum absolute atomic E-state index is 0.702. The van der Waals surface area contributed by atoms with Crippen LogP contribution >= 0.6 is 0 Å². The van der Waals surface area contributed by atoms with E-state index in [2.05, 4.69) is 23.3 Å². The Kier molecular flexibility index (Phi) is 5.58. The zero-order valence-corrected chi connectivity index (χ0v) is 9.13. The third kappa shape index (κ3) is 4.59. The molecular formula is C11H21N3. The van der Waals surface area contributed by atoms with E-state index in [0.717, 1.165) is 31.8 Å². The van der Waals surface area contributed by atoms with Gasteiger partial charge in [-0.25, -0.2) is 0 Å². The van der Waals surface area contributed by atoms with Crippen LogP contribution in [-0.4, -0.2) is 38.1 Å². The lowest BCUT2D eigenvalue weighted by Gasteiger charge is -2.11. The molecule has 1 N–H and O–H groups in total. The molecule has 0 aliphatic carbocycles. The van der Waals surface area contributed by atoms with Crippen LogP contribution in [0.25, 0.3) is 0 Å². The Bertz CT molecular complexity index is 185. The molecule has 14 heavy (non-hydrogen) atoms. The zero-order valence-electron chi connectivity index (χ0n) is 9.13. The first-order valence-electron chi connectivity index (χ1n) is 5.59. The first-order valence-corrected chi connectivity index (χ1v) is 5.59. The Balaban J connectivity index is 1.87. The first kappa shape index (κ1) is 11.5. The van der Waals surface area contributed by atoms with E-state index < -0.39 is 0 Å². The smallest absolute Gasteiger partial charge is 0.0621 e. The highest BCUT2D eigenvalue weighted by molar-refractivity contribution is 4.74. The molecule has 0 amide bonds. The van der Waals surface area contributed by atoms with E-state index in [0.29, 0.717) is 6.42 Å². The lowest BCUT2D eigenvalue weighted by molar-refractivity contribution is 0.388. The van der Waals surface area contributed by atoms with Crippen LogP contribution < -0.4 is 5.32 Å². The van der Waals surface area contributed by atoms with Crippen LogP contribution in [0.1, 0.15) is 25.7 Å². The quantitative estimate of drug-likeness (QED) is 0.648. The molecule has 1 unspecified atom stereocenters. The van der Waals surface area contributed by atoms with Crippen molar-refractivity contribution in [3.05, 3.63) is 0 Å². The molecule has 0 aromatic rings. The topological polar surface area (TPSA) is 39.1 Å². The molecule has 0 aromatic carbocycles. The number of hydrogen-bond donors (Lipinski definition) is 1. The Morgan fingerprint density at radius 2 is 2.36 bits per heavy atom. The molecule has 1 fully saturated rings. The van der Waals surface area contributed by atoms with Gasteiger partial charge in [-0.2, -0.15) is 5.26 Å². The summed E-state index contributed by atoms with van der Waals surface area (Å²) >= 11 is 0. The van der Waals surface area contributed by atoms with Crippen molar-refractivity contribution in [2.45, 2.75) is 25.7 Å². The van der Waals surface area contributed by atoms with E-state index in [9.17, 15) is 0 Å². The molecule has 0 aromatic heterocycles. The molecule has 0 saturated carbocycles. The molecule has 1 aliphatic heterocycles. The standard InChI is InChI=1S/C11H21N3/c1-14-8-5-11(10-14)9-13-7-4-2-3-6-12/h11,13H,2-5,7-10H2,1H3. The third-order valence-electron chi connectivity index (χ3n) is 2.81. The van der Waals surface area contributed by atoms with Gasteiger partial charge in [-0.1, -0.05) is 0 Å². The van der Waals surface area contributed by atoms with Gasteiger partial charge in [-0.3, -0.25) is 0 Å². The maximum absolute atomic E-state index is 8.35. The molecule has 0 spiro atoms. The van der Waals surface area contributed by atoms with E-state index in [1.807, 2.05) is 0 Å². The summed E-state index contributed by atoms with van der Waals surface area (Å²) in [6.45, 7) is 4.71. The Labute approximate surface area is 87.1 Å². The molecule has 1 rings (SSSR count). The van der Waals surface area contributed by atoms with Crippen LogP contribution in [0.2, 0.25) is 0 Å². The average molecular weight is 195 g/mol. The van der Waals surface area contributed by atoms with Crippen LogP contribution in [-0.2, 0) is 0 Å². The predicted molar refractivity (Wildman–Crippen MR) is 57.9 cm³/mol. The van der Waals surface area contributed by atoms with Crippen molar-refractivity contribution in [1.29, 1.82) is 5.26 Å². The zero-order chi connectivity index (χ0) is 10.2. The number of nitriles is 1. The Hall–Kier alpha value is -0.590. The van der Waals surface area contributed by atoms with Crippen molar-refractivity contribution in [1.82, 2.24) is 10.2 Å². The largest absolute Gasteiger partial charge is 0.316 e. The molecule has 80 valence electrons. The van der Waals surface area contributed by atoms with E-state index in [-0.39, 0.29) is 0 Å². The van der Waals surface area contributed by atoms with Gasteiger partial charge in [-0.15, -0.1) is 0 Å². The van der Waals surface area contributed by atoms with Gasteiger partial charge in [0.15, 0.2) is 0 Å². The molecule has 3 heteroatoms. The maximum atomic E-state index is 8.35. The number of hydrogen-bond acceptors (Lipinski definition) is 3. The molecule has 1 saturated heterocycles. The second-order valence-corrected chi connectivity index (χ2v) is 4.24. The van der Waals surface area contributed by atoms with E-state index >= 15 is 0 Å². The summed E-state index contributed by atoms with van der Waals surface area (Å²) in [6, 6.07) is 2.17. The fraction of sp³-hybridized carbons (Fsp3) is 0.909. The molecule has 0 bridgehead atoms. The van der Waals surface area contributed by atoms with Crippen molar-refractivity contribution in [2.75, 3.05) is 33.2 Å². The summed E-state index contributed by atoms with van der Waals surface area (Å²) < 4.78 is 0. The fourth-order valence-corrected chi connectivity index (χ4v) is 1.95. The van der Waals surface area contributed by atoms with Crippen LogP contribution in [0.15, 0.2) is 0 Å². The highest BCUT2D eigenvalue weighted by Crippen LogP contribution is 2.12. The van der Waals surface area contributed by atoms with Crippen LogP contribution in [0.4, 0.5) is 0 Å². The highest BCUT2D eigenvalue weighted by atomic mass is 15.1. The molecule has 0 radical (unpaired) electrons. The molecule has 1 aliphatic rings. The third-order valence-corrected chi connectivity index (χ3v) is 2.81. The summed E-state index contributed by atoms with van der Waals surface area (Å²) in [5.41, 5.74) is 0. The van der Waals surface area contributed by atoms with E-state index in [1.165, 1.54) is 19.5 Å². The van der Waals surface area contributed by atoms with Crippen LogP contribution in [0.3, 0.4) is 0 Å². The van der Waals surface area contributed by atoms with Gasteiger partial charge < -0.3 is 10.2 Å². The van der Waals surface area contributed by atoms with E-state index in [4.69, 9.17) is 5.26 Å². The lowest BCUT2D eigenvalue weighted by atomic mass is 10.1. The van der Waals surface area contributed by atoms with Crippen molar-refractivity contribution >= 4 is 0 Å². The second-order valence-electron chi connectivity index (χ2n) is 4.24. The maximum Gasteiger partial charge on any atom is 0.0621 e. The van der Waals surface area contributed by atoms with Gasteiger partial charge in [-0.05, 0) is 51.9 Å². The number of nitrogens with zero attached hydrogens (tertiary/aromatic N) is 2.